The van der Waals surface area contributed by atoms with Gasteiger partial charge in [-0.2, -0.15) is 0 Å². The summed E-state index contributed by atoms with van der Waals surface area (Å²) in [6.45, 7) is 0.644. The van der Waals surface area contributed by atoms with Crippen LogP contribution in [0.15, 0.2) is 48.5 Å². The summed E-state index contributed by atoms with van der Waals surface area (Å²) in [5, 5.41) is 8.85. The number of ether oxygens (including phenoxy) is 2. The van der Waals surface area contributed by atoms with Gasteiger partial charge in [-0.05, 0) is 30.2 Å². The van der Waals surface area contributed by atoms with Gasteiger partial charge in [0.05, 0.1) is 7.11 Å². The summed E-state index contributed by atoms with van der Waals surface area (Å²) in [6.07, 6.45) is 0.673. The third kappa shape index (κ3) is 3.73. The zero-order valence-corrected chi connectivity index (χ0v) is 11.0. The van der Waals surface area contributed by atoms with Crippen molar-refractivity contribution in [3.8, 4) is 11.5 Å². The minimum absolute atomic E-state index is 0.168. The van der Waals surface area contributed by atoms with Gasteiger partial charge < -0.3 is 14.6 Å². The Morgan fingerprint density at radius 1 is 1.00 bits per heavy atom. The van der Waals surface area contributed by atoms with Crippen molar-refractivity contribution in [2.45, 2.75) is 13.0 Å². The lowest BCUT2D eigenvalue weighted by molar-refractivity contribution is 0.294. The molecular weight excluding hydrogens is 240 g/mol. The Labute approximate surface area is 113 Å². The Morgan fingerprint density at radius 3 is 2.42 bits per heavy atom. The molecule has 0 heterocycles. The molecule has 2 rings (SSSR count). The second-order valence-corrected chi connectivity index (χ2v) is 4.22. The first-order valence-corrected chi connectivity index (χ1v) is 6.28. The van der Waals surface area contributed by atoms with Crippen molar-refractivity contribution in [3.63, 3.8) is 0 Å². The fourth-order valence-corrected chi connectivity index (χ4v) is 1.86. The molecule has 2 aromatic carbocycles. The molecule has 0 aliphatic heterocycles. The number of methoxy groups -OCH3 is 1. The van der Waals surface area contributed by atoms with Crippen molar-refractivity contribution < 1.29 is 14.6 Å². The number of aliphatic hydroxyl groups excluding tert-OH is 1. The first-order valence-electron chi connectivity index (χ1n) is 6.28. The molecule has 0 unspecified atom stereocenters. The van der Waals surface area contributed by atoms with Crippen LogP contribution in [0.2, 0.25) is 0 Å². The lowest BCUT2D eigenvalue weighted by atomic mass is 10.1. The van der Waals surface area contributed by atoms with Gasteiger partial charge in [-0.1, -0.05) is 30.3 Å². The van der Waals surface area contributed by atoms with Gasteiger partial charge >= 0.3 is 0 Å². The summed E-state index contributed by atoms with van der Waals surface area (Å²) in [5.41, 5.74) is 2.12. The molecule has 0 saturated heterocycles. The average molecular weight is 258 g/mol. The minimum Gasteiger partial charge on any atom is -0.496 e. The van der Waals surface area contributed by atoms with E-state index < -0.39 is 0 Å². The van der Waals surface area contributed by atoms with Crippen molar-refractivity contribution >= 4 is 0 Å². The van der Waals surface area contributed by atoms with Crippen molar-refractivity contribution in [1.29, 1.82) is 0 Å². The summed E-state index contributed by atoms with van der Waals surface area (Å²) < 4.78 is 11.0. The molecule has 1 N–H and O–H groups in total. The Bertz CT molecular complexity index is 506. The molecule has 3 nitrogen and oxygen atoms in total. The van der Waals surface area contributed by atoms with E-state index in [1.807, 2.05) is 48.5 Å². The molecule has 0 radical (unpaired) electrons. The molecule has 19 heavy (non-hydrogen) atoms. The van der Waals surface area contributed by atoms with E-state index in [9.17, 15) is 0 Å². The maximum Gasteiger partial charge on any atom is 0.125 e. The zero-order valence-electron chi connectivity index (χ0n) is 11.0. The van der Waals surface area contributed by atoms with Gasteiger partial charge in [-0.25, -0.2) is 0 Å². The van der Waals surface area contributed by atoms with Gasteiger partial charge in [-0.15, -0.1) is 0 Å². The molecule has 0 saturated carbocycles. The molecule has 0 spiro atoms. The van der Waals surface area contributed by atoms with Crippen LogP contribution in [-0.2, 0) is 13.0 Å². The second-order valence-electron chi connectivity index (χ2n) is 4.22. The average Bonchev–Trinajstić information content (AvgIpc) is 2.47. The molecule has 0 amide bonds. The highest BCUT2D eigenvalue weighted by molar-refractivity contribution is 5.33. The third-order valence-electron chi connectivity index (χ3n) is 2.91. The van der Waals surface area contributed by atoms with Crippen LogP contribution in [0.5, 0.6) is 11.5 Å². The second kappa shape index (κ2) is 6.81. The number of aliphatic hydroxyl groups is 1. The van der Waals surface area contributed by atoms with Gasteiger partial charge in [0.2, 0.25) is 0 Å². The highest BCUT2D eigenvalue weighted by Gasteiger charge is 2.02. The normalized spacial score (nSPS) is 10.2. The maximum atomic E-state index is 8.85. The first kappa shape index (κ1) is 13.4. The number of para-hydroxylation sites is 1. The van der Waals surface area contributed by atoms with Crippen LogP contribution in [0.4, 0.5) is 0 Å². The lowest BCUT2D eigenvalue weighted by Gasteiger charge is -2.10. The van der Waals surface area contributed by atoms with Crippen LogP contribution in [0.1, 0.15) is 11.1 Å². The molecule has 0 bridgehead atoms. The quantitative estimate of drug-likeness (QED) is 0.866. The van der Waals surface area contributed by atoms with Gasteiger partial charge in [0.1, 0.15) is 18.1 Å². The molecular formula is C16H18O3. The van der Waals surface area contributed by atoms with E-state index in [-0.39, 0.29) is 6.61 Å². The smallest absolute Gasteiger partial charge is 0.125 e. The van der Waals surface area contributed by atoms with Gasteiger partial charge in [0.25, 0.3) is 0 Å². The van der Waals surface area contributed by atoms with Crippen LogP contribution in [0, 0.1) is 0 Å². The first-order chi connectivity index (χ1) is 9.33. The fourth-order valence-electron chi connectivity index (χ4n) is 1.86. The SMILES string of the molecule is COc1ccccc1COc1ccc(CCO)cc1. The van der Waals surface area contributed by atoms with Crippen LogP contribution in [0.3, 0.4) is 0 Å². The van der Waals surface area contributed by atoms with E-state index in [2.05, 4.69) is 0 Å². The van der Waals surface area contributed by atoms with Crippen molar-refractivity contribution in [3.05, 3.63) is 59.7 Å². The van der Waals surface area contributed by atoms with Gasteiger partial charge in [0, 0.05) is 12.2 Å². The molecule has 2 aromatic rings. The standard InChI is InChI=1S/C16H18O3/c1-18-16-5-3-2-4-14(16)12-19-15-8-6-13(7-9-15)10-11-17/h2-9,17H,10-12H2,1H3. The van der Waals surface area contributed by atoms with Gasteiger partial charge in [-0.3, -0.25) is 0 Å². The molecule has 0 fully saturated rings. The summed E-state index contributed by atoms with van der Waals surface area (Å²) in [5.74, 6) is 1.65. The van der Waals surface area contributed by atoms with Crippen LogP contribution < -0.4 is 9.47 Å². The number of hydrogen-bond donors (Lipinski definition) is 1. The van der Waals surface area contributed by atoms with Crippen molar-refractivity contribution in [1.82, 2.24) is 0 Å². The molecule has 0 aliphatic rings. The number of hydrogen-bond acceptors (Lipinski definition) is 3. The Morgan fingerprint density at radius 2 is 1.74 bits per heavy atom. The Hall–Kier alpha value is -2.00. The predicted octanol–water partition coefficient (Wildman–Crippen LogP) is 2.81. The summed E-state index contributed by atoms with van der Waals surface area (Å²) >= 11 is 0. The van der Waals surface area contributed by atoms with E-state index in [1.165, 1.54) is 0 Å². The fraction of sp³-hybridized carbons (Fsp3) is 0.250. The van der Waals surface area contributed by atoms with Crippen LogP contribution >= 0.6 is 0 Å². The van der Waals surface area contributed by atoms with E-state index in [4.69, 9.17) is 14.6 Å². The van der Waals surface area contributed by atoms with E-state index in [0.717, 1.165) is 22.6 Å². The summed E-state index contributed by atoms with van der Waals surface area (Å²) in [4.78, 5) is 0. The Balaban J connectivity index is 1.98. The minimum atomic E-state index is 0.168. The van der Waals surface area contributed by atoms with E-state index in [0.29, 0.717) is 13.0 Å². The molecule has 100 valence electrons. The lowest BCUT2D eigenvalue weighted by Crippen LogP contribution is -1.98. The van der Waals surface area contributed by atoms with Crippen molar-refractivity contribution in [2.24, 2.45) is 0 Å². The molecule has 0 aliphatic carbocycles. The maximum absolute atomic E-state index is 8.85. The largest absolute Gasteiger partial charge is 0.496 e. The zero-order chi connectivity index (χ0) is 13.5. The highest BCUT2D eigenvalue weighted by Crippen LogP contribution is 2.20. The third-order valence-corrected chi connectivity index (χ3v) is 2.91. The molecule has 3 heteroatoms. The van der Waals surface area contributed by atoms with E-state index in [1.54, 1.807) is 7.11 Å². The monoisotopic (exact) mass is 258 g/mol. The van der Waals surface area contributed by atoms with Gasteiger partial charge in [0.15, 0.2) is 0 Å². The molecule has 0 atom stereocenters. The molecule has 0 aromatic heterocycles. The summed E-state index contributed by atoms with van der Waals surface area (Å²) in [7, 11) is 1.66. The van der Waals surface area contributed by atoms with Crippen LogP contribution in [0.25, 0.3) is 0 Å². The number of benzene rings is 2. The number of rotatable bonds is 6. The summed E-state index contributed by atoms with van der Waals surface area (Å²) in [6, 6.07) is 15.6. The topological polar surface area (TPSA) is 38.7 Å². The van der Waals surface area contributed by atoms with E-state index >= 15 is 0 Å². The highest BCUT2D eigenvalue weighted by atomic mass is 16.5. The van der Waals surface area contributed by atoms with Crippen LogP contribution in [-0.4, -0.2) is 18.8 Å². The Kier molecular flexibility index (Phi) is 4.81. The predicted molar refractivity (Wildman–Crippen MR) is 74.6 cm³/mol. The van der Waals surface area contributed by atoms with Crippen molar-refractivity contribution in [2.75, 3.05) is 13.7 Å².